The minimum absolute atomic E-state index is 0.159. The highest BCUT2D eigenvalue weighted by atomic mass is 32.2. The summed E-state index contributed by atoms with van der Waals surface area (Å²) in [5, 5.41) is 19.0. The van der Waals surface area contributed by atoms with Gasteiger partial charge in [-0.05, 0) is 25.3 Å². The van der Waals surface area contributed by atoms with Crippen molar-refractivity contribution in [3.05, 3.63) is 51.9 Å². The summed E-state index contributed by atoms with van der Waals surface area (Å²) >= 11 is 4.03. The lowest BCUT2D eigenvalue weighted by Crippen LogP contribution is -2.28. The summed E-state index contributed by atoms with van der Waals surface area (Å²) in [6.45, 7) is 7.97. The fourth-order valence-corrected chi connectivity index (χ4v) is 4.55. The Morgan fingerprint density at radius 2 is 2.21 bits per heavy atom. The number of allylic oxidation sites excluding steroid dienone is 1. The highest BCUT2D eigenvalue weighted by Gasteiger charge is 2.21. The van der Waals surface area contributed by atoms with Gasteiger partial charge in [-0.1, -0.05) is 23.9 Å². The number of thiophene rings is 1. The number of hydrogen-bond acceptors (Lipinski definition) is 8. The summed E-state index contributed by atoms with van der Waals surface area (Å²) in [7, 11) is 0. The number of rotatable bonds is 9. The van der Waals surface area contributed by atoms with Crippen molar-refractivity contribution in [2.75, 3.05) is 11.1 Å². The van der Waals surface area contributed by atoms with Gasteiger partial charge in [0.1, 0.15) is 0 Å². The van der Waals surface area contributed by atoms with Crippen LogP contribution < -0.4 is 10.6 Å². The van der Waals surface area contributed by atoms with Crippen molar-refractivity contribution in [1.29, 1.82) is 0 Å². The second-order valence-corrected chi connectivity index (χ2v) is 8.79. The summed E-state index contributed by atoms with van der Waals surface area (Å²) < 4.78 is 1.85. The first-order valence-corrected chi connectivity index (χ1v) is 11.5. The van der Waals surface area contributed by atoms with Crippen LogP contribution in [0.3, 0.4) is 0 Å². The average Bonchev–Trinajstić information content (AvgIpc) is 3.42. The Labute approximate surface area is 180 Å². The van der Waals surface area contributed by atoms with Crippen LogP contribution >= 0.6 is 34.4 Å². The molecule has 0 spiro atoms. The number of anilines is 1. The van der Waals surface area contributed by atoms with Gasteiger partial charge in [-0.2, -0.15) is 0 Å². The van der Waals surface area contributed by atoms with Crippen LogP contribution in [0.2, 0.25) is 0 Å². The largest absolute Gasteiger partial charge is 0.342 e. The topological polar surface area (TPSA) is 102 Å². The van der Waals surface area contributed by atoms with Crippen LogP contribution in [0.1, 0.15) is 34.2 Å². The number of aromatic nitrogens is 4. The van der Waals surface area contributed by atoms with Crippen molar-refractivity contribution < 1.29 is 9.59 Å². The van der Waals surface area contributed by atoms with E-state index in [9.17, 15) is 9.59 Å². The Morgan fingerprint density at radius 1 is 1.38 bits per heavy atom. The Hall–Kier alpha value is -2.50. The first-order chi connectivity index (χ1) is 14.0. The number of carbonyl (C=O) groups is 2. The maximum atomic E-state index is 12.3. The van der Waals surface area contributed by atoms with E-state index >= 15 is 0 Å². The number of thiazole rings is 1. The Morgan fingerprint density at radius 3 is 2.86 bits per heavy atom. The molecule has 0 aliphatic carbocycles. The second kappa shape index (κ2) is 9.81. The van der Waals surface area contributed by atoms with Crippen molar-refractivity contribution in [2.24, 2.45) is 0 Å². The number of thioether (sulfide) groups is 1. The monoisotopic (exact) mass is 448 g/mol. The van der Waals surface area contributed by atoms with Crippen molar-refractivity contribution in [2.45, 2.75) is 31.6 Å². The molecule has 0 saturated heterocycles. The van der Waals surface area contributed by atoms with Crippen LogP contribution in [-0.2, 0) is 11.3 Å². The number of nitrogens with zero attached hydrogens (tertiary/aromatic N) is 4. The summed E-state index contributed by atoms with van der Waals surface area (Å²) in [5.41, 5.74) is 0.868. The van der Waals surface area contributed by atoms with Gasteiger partial charge < -0.3 is 15.2 Å². The van der Waals surface area contributed by atoms with Gasteiger partial charge in [0.05, 0.1) is 22.4 Å². The average molecular weight is 449 g/mol. The molecule has 29 heavy (non-hydrogen) atoms. The van der Waals surface area contributed by atoms with Gasteiger partial charge in [-0.3, -0.25) is 9.59 Å². The normalized spacial score (nSPS) is 11.8. The molecule has 0 fully saturated rings. The molecular formula is C18H20N6O2S3. The molecule has 2 amide bonds. The first-order valence-electron chi connectivity index (χ1n) is 8.71. The maximum Gasteiger partial charge on any atom is 0.261 e. The number of amides is 2. The Bertz CT molecular complexity index is 995. The third-order valence-electron chi connectivity index (χ3n) is 3.73. The molecule has 2 N–H and O–H groups in total. The number of aryl methyl sites for hydroxylation is 1. The minimum Gasteiger partial charge on any atom is -0.342 e. The maximum absolute atomic E-state index is 12.3. The Balaban J connectivity index is 1.65. The lowest BCUT2D eigenvalue weighted by molar-refractivity contribution is -0.113. The highest BCUT2D eigenvalue weighted by Crippen LogP contribution is 2.22. The quantitative estimate of drug-likeness (QED) is 0.384. The van der Waals surface area contributed by atoms with Gasteiger partial charge in [0.2, 0.25) is 5.91 Å². The smallest absolute Gasteiger partial charge is 0.261 e. The van der Waals surface area contributed by atoms with E-state index in [4.69, 9.17) is 0 Å². The van der Waals surface area contributed by atoms with E-state index in [0.717, 1.165) is 5.69 Å². The second-order valence-electron chi connectivity index (χ2n) is 6.04. The zero-order valence-corrected chi connectivity index (χ0v) is 18.4. The molecule has 0 aromatic carbocycles. The SMILES string of the molecule is C=CCn1c(SCC(=O)Nc2nc(C)cs2)nnc1[C@H](C)NC(=O)c1cccs1. The molecule has 0 bridgehead atoms. The molecule has 0 aliphatic heterocycles. The predicted octanol–water partition coefficient (Wildman–Crippen LogP) is 3.51. The van der Waals surface area contributed by atoms with E-state index in [-0.39, 0.29) is 23.6 Å². The molecule has 152 valence electrons. The molecule has 1 atom stereocenters. The van der Waals surface area contributed by atoms with Crippen LogP contribution in [0.25, 0.3) is 0 Å². The zero-order valence-electron chi connectivity index (χ0n) is 15.9. The fraction of sp³-hybridized carbons (Fsp3) is 0.278. The predicted molar refractivity (Wildman–Crippen MR) is 117 cm³/mol. The third kappa shape index (κ3) is 5.52. The fourth-order valence-electron chi connectivity index (χ4n) is 2.46. The molecule has 11 heteroatoms. The van der Waals surface area contributed by atoms with E-state index in [1.165, 1.54) is 34.4 Å². The van der Waals surface area contributed by atoms with E-state index in [1.807, 2.05) is 35.2 Å². The van der Waals surface area contributed by atoms with Crippen molar-refractivity contribution >= 4 is 51.4 Å². The van der Waals surface area contributed by atoms with Crippen molar-refractivity contribution in [1.82, 2.24) is 25.1 Å². The Kier molecular flexibility index (Phi) is 7.18. The molecule has 3 rings (SSSR count). The summed E-state index contributed by atoms with van der Waals surface area (Å²) in [6, 6.07) is 3.25. The van der Waals surface area contributed by atoms with Crippen LogP contribution in [0, 0.1) is 6.92 Å². The van der Waals surface area contributed by atoms with Gasteiger partial charge in [0.15, 0.2) is 16.1 Å². The highest BCUT2D eigenvalue weighted by molar-refractivity contribution is 7.99. The summed E-state index contributed by atoms with van der Waals surface area (Å²) in [4.78, 5) is 29.4. The summed E-state index contributed by atoms with van der Waals surface area (Å²) in [6.07, 6.45) is 1.73. The molecule has 3 aromatic rings. The van der Waals surface area contributed by atoms with Gasteiger partial charge in [0, 0.05) is 11.9 Å². The van der Waals surface area contributed by atoms with Crippen molar-refractivity contribution in [3.8, 4) is 0 Å². The molecule has 0 saturated carbocycles. The van der Waals surface area contributed by atoms with Gasteiger partial charge in [0.25, 0.3) is 5.91 Å². The van der Waals surface area contributed by atoms with Gasteiger partial charge in [-0.15, -0.1) is 39.4 Å². The number of nitrogens with one attached hydrogen (secondary N) is 2. The first kappa shape index (κ1) is 21.2. The molecule has 0 unspecified atom stereocenters. The standard InChI is InChI=1S/C18H20N6O2S3/c1-4-7-24-15(12(3)20-16(26)13-6-5-8-27-13)22-23-18(24)29-10-14(25)21-17-19-11(2)9-28-17/h4-6,8-9,12H,1,7,10H2,2-3H3,(H,20,26)(H,19,21,25)/t12-/m0/s1. The number of carbonyl (C=O) groups excluding carboxylic acids is 2. The molecule has 0 aliphatic rings. The van der Waals surface area contributed by atoms with E-state index < -0.39 is 0 Å². The lowest BCUT2D eigenvalue weighted by Gasteiger charge is -2.14. The zero-order chi connectivity index (χ0) is 20.8. The number of hydrogen-bond donors (Lipinski definition) is 2. The third-order valence-corrected chi connectivity index (χ3v) is 6.45. The lowest BCUT2D eigenvalue weighted by atomic mass is 10.3. The van der Waals surface area contributed by atoms with Crippen LogP contribution in [0.15, 0.2) is 40.7 Å². The minimum atomic E-state index is -0.349. The van der Waals surface area contributed by atoms with Crippen molar-refractivity contribution in [3.63, 3.8) is 0 Å². The van der Waals surface area contributed by atoms with Gasteiger partial charge >= 0.3 is 0 Å². The van der Waals surface area contributed by atoms with Crippen LogP contribution in [0.4, 0.5) is 5.13 Å². The van der Waals surface area contributed by atoms with E-state index in [2.05, 4.69) is 32.4 Å². The van der Waals surface area contributed by atoms with Gasteiger partial charge in [-0.25, -0.2) is 4.98 Å². The van der Waals surface area contributed by atoms with E-state index in [1.54, 1.807) is 12.1 Å². The molecule has 3 aromatic heterocycles. The van der Waals surface area contributed by atoms with Crippen LogP contribution in [0.5, 0.6) is 0 Å². The molecular weight excluding hydrogens is 428 g/mol. The van der Waals surface area contributed by atoms with E-state index in [0.29, 0.717) is 27.5 Å². The molecule has 0 radical (unpaired) electrons. The molecule has 3 heterocycles. The van der Waals surface area contributed by atoms with Crippen LogP contribution in [-0.4, -0.2) is 37.3 Å². The molecule has 8 nitrogen and oxygen atoms in total. The summed E-state index contributed by atoms with van der Waals surface area (Å²) in [5.74, 6) is 0.448.